The molecule has 0 fully saturated rings. The number of halogens is 2. The van der Waals surface area contributed by atoms with Gasteiger partial charge < -0.3 is 9.64 Å². The van der Waals surface area contributed by atoms with E-state index in [-0.39, 0.29) is 0 Å². The van der Waals surface area contributed by atoms with Crippen molar-refractivity contribution in [2.24, 2.45) is 0 Å². The third-order valence-corrected chi connectivity index (χ3v) is 3.26. The summed E-state index contributed by atoms with van der Waals surface area (Å²) in [7, 11) is 3.57. The Balaban J connectivity index is 2.27. The van der Waals surface area contributed by atoms with Crippen LogP contribution >= 0.6 is 23.2 Å². The number of hydrogen-bond donors (Lipinski definition) is 0. The number of nitrogens with zero attached hydrogens (tertiary/aromatic N) is 3. The highest BCUT2D eigenvalue weighted by Gasteiger charge is 2.10. The lowest BCUT2D eigenvalue weighted by atomic mass is 10.2. The van der Waals surface area contributed by atoms with E-state index in [0.717, 1.165) is 17.1 Å². The Hall–Kier alpha value is -1.52. The van der Waals surface area contributed by atoms with Gasteiger partial charge >= 0.3 is 0 Å². The van der Waals surface area contributed by atoms with Crippen LogP contribution in [0.25, 0.3) is 0 Å². The topological polar surface area (TPSA) is 38.2 Å². The zero-order valence-electron chi connectivity index (χ0n) is 11.5. The van der Waals surface area contributed by atoms with Gasteiger partial charge in [-0.05, 0) is 25.1 Å². The summed E-state index contributed by atoms with van der Waals surface area (Å²) >= 11 is 12.0. The number of hydrogen-bond acceptors (Lipinski definition) is 4. The fourth-order valence-electron chi connectivity index (χ4n) is 1.92. The summed E-state index contributed by atoms with van der Waals surface area (Å²) in [5.74, 6) is 2.18. The summed E-state index contributed by atoms with van der Waals surface area (Å²) in [6.07, 6.45) is 0. The second-order valence-electron chi connectivity index (χ2n) is 4.41. The summed E-state index contributed by atoms with van der Waals surface area (Å²) in [4.78, 5) is 10.4. The lowest BCUT2D eigenvalue weighted by molar-refractivity contribution is 0.409. The van der Waals surface area contributed by atoms with Crippen molar-refractivity contribution in [1.29, 1.82) is 0 Å². The summed E-state index contributed by atoms with van der Waals surface area (Å²) in [5.41, 5.74) is 0.981. The molecule has 0 saturated heterocycles. The summed E-state index contributed by atoms with van der Waals surface area (Å²) in [6, 6.07) is 7.26. The molecule has 0 aliphatic heterocycles. The molecule has 0 aliphatic rings. The molecule has 2 rings (SSSR count). The zero-order valence-corrected chi connectivity index (χ0v) is 13.0. The van der Waals surface area contributed by atoms with Gasteiger partial charge in [-0.1, -0.05) is 23.2 Å². The Morgan fingerprint density at radius 3 is 2.60 bits per heavy atom. The van der Waals surface area contributed by atoms with E-state index in [0.29, 0.717) is 22.5 Å². The maximum absolute atomic E-state index is 6.03. The Morgan fingerprint density at radius 2 is 1.95 bits per heavy atom. The highest BCUT2D eigenvalue weighted by Crippen LogP contribution is 2.25. The van der Waals surface area contributed by atoms with Crippen molar-refractivity contribution in [1.82, 2.24) is 9.97 Å². The van der Waals surface area contributed by atoms with Gasteiger partial charge in [0.1, 0.15) is 22.5 Å². The first-order chi connectivity index (χ1) is 9.49. The van der Waals surface area contributed by atoms with Crippen molar-refractivity contribution < 1.29 is 4.74 Å². The van der Waals surface area contributed by atoms with E-state index in [9.17, 15) is 0 Å². The van der Waals surface area contributed by atoms with Gasteiger partial charge in [0.2, 0.25) is 0 Å². The van der Waals surface area contributed by atoms with E-state index in [2.05, 4.69) is 9.97 Å². The van der Waals surface area contributed by atoms with Gasteiger partial charge in [-0.2, -0.15) is 0 Å². The van der Waals surface area contributed by atoms with Gasteiger partial charge in [0.05, 0.1) is 7.11 Å². The minimum absolute atomic E-state index is 0.428. The molecule has 0 unspecified atom stereocenters. The molecule has 6 heteroatoms. The monoisotopic (exact) mass is 311 g/mol. The van der Waals surface area contributed by atoms with Crippen LogP contribution in [0.2, 0.25) is 10.2 Å². The molecule has 0 N–H and O–H groups in total. The number of methoxy groups -OCH3 is 1. The molecule has 0 bridgehead atoms. The predicted octanol–water partition coefficient (Wildman–Crippen LogP) is 3.74. The Bertz CT molecular complexity index is 599. The lowest BCUT2D eigenvalue weighted by Gasteiger charge is -2.20. The van der Waals surface area contributed by atoms with Crippen molar-refractivity contribution in [3.05, 3.63) is 45.8 Å². The van der Waals surface area contributed by atoms with Gasteiger partial charge in [-0.25, -0.2) is 9.97 Å². The van der Waals surface area contributed by atoms with Crippen molar-refractivity contribution in [3.63, 3.8) is 0 Å². The third-order valence-electron chi connectivity index (χ3n) is 2.83. The zero-order chi connectivity index (χ0) is 14.7. The molecule has 0 radical (unpaired) electrons. The number of benzene rings is 1. The van der Waals surface area contributed by atoms with Gasteiger partial charge in [0, 0.05) is 30.2 Å². The second-order valence-corrected chi connectivity index (χ2v) is 5.23. The quantitative estimate of drug-likeness (QED) is 0.806. The maximum atomic E-state index is 6.03. The van der Waals surface area contributed by atoms with E-state index < -0.39 is 0 Å². The van der Waals surface area contributed by atoms with Crippen LogP contribution < -0.4 is 9.64 Å². The molecule has 1 heterocycles. The molecule has 0 spiro atoms. The Labute approximate surface area is 128 Å². The maximum Gasteiger partial charge on any atom is 0.134 e. The molecule has 0 aliphatic carbocycles. The molecule has 2 aromatic rings. The first-order valence-corrected chi connectivity index (χ1v) is 6.80. The SMILES string of the molecule is COc1ccc(Cl)cc1CN(C)c1cc(Cl)nc(C)n1. The van der Waals surface area contributed by atoms with Crippen molar-refractivity contribution >= 4 is 29.0 Å². The summed E-state index contributed by atoms with van der Waals surface area (Å²) in [5, 5.41) is 1.10. The molecule has 4 nitrogen and oxygen atoms in total. The fraction of sp³-hybridized carbons (Fsp3) is 0.286. The molecular weight excluding hydrogens is 297 g/mol. The van der Waals surface area contributed by atoms with E-state index in [1.54, 1.807) is 19.2 Å². The molecule has 0 amide bonds. The van der Waals surface area contributed by atoms with Gasteiger partial charge in [0.15, 0.2) is 0 Å². The Morgan fingerprint density at radius 1 is 1.20 bits per heavy atom. The number of anilines is 1. The average molecular weight is 312 g/mol. The van der Waals surface area contributed by atoms with E-state index in [1.807, 2.05) is 31.0 Å². The molecule has 1 aromatic carbocycles. The van der Waals surface area contributed by atoms with Gasteiger partial charge in [0.25, 0.3) is 0 Å². The standard InChI is InChI=1S/C14H15Cl2N3O/c1-9-17-13(16)7-14(18-9)19(2)8-10-6-11(15)4-5-12(10)20-3/h4-7H,8H2,1-3H3. The van der Waals surface area contributed by atoms with Crippen LogP contribution in [-0.2, 0) is 6.54 Å². The van der Waals surface area contributed by atoms with Crippen LogP contribution in [-0.4, -0.2) is 24.1 Å². The molecular formula is C14H15Cl2N3O. The van der Waals surface area contributed by atoms with Crippen molar-refractivity contribution in [2.45, 2.75) is 13.5 Å². The fourth-order valence-corrected chi connectivity index (χ4v) is 2.33. The number of aryl methyl sites for hydroxylation is 1. The third kappa shape index (κ3) is 3.52. The highest BCUT2D eigenvalue weighted by molar-refractivity contribution is 6.30. The van der Waals surface area contributed by atoms with Crippen molar-refractivity contribution in [3.8, 4) is 5.75 Å². The van der Waals surface area contributed by atoms with Gasteiger partial charge in [-0.3, -0.25) is 0 Å². The Kier molecular flexibility index (Phi) is 4.68. The first kappa shape index (κ1) is 14.9. The minimum Gasteiger partial charge on any atom is -0.496 e. The van der Waals surface area contributed by atoms with E-state index >= 15 is 0 Å². The number of aromatic nitrogens is 2. The van der Waals surface area contributed by atoms with Crippen LogP contribution in [0, 0.1) is 6.92 Å². The first-order valence-electron chi connectivity index (χ1n) is 6.04. The highest BCUT2D eigenvalue weighted by atomic mass is 35.5. The molecule has 0 saturated carbocycles. The van der Waals surface area contributed by atoms with Crippen LogP contribution in [0.5, 0.6) is 5.75 Å². The van der Waals surface area contributed by atoms with E-state index in [1.165, 1.54) is 0 Å². The second kappa shape index (κ2) is 6.29. The molecule has 0 atom stereocenters. The molecule has 20 heavy (non-hydrogen) atoms. The average Bonchev–Trinajstić information content (AvgIpc) is 2.37. The summed E-state index contributed by atoms with van der Waals surface area (Å²) in [6.45, 7) is 2.42. The predicted molar refractivity (Wildman–Crippen MR) is 81.9 cm³/mol. The van der Waals surface area contributed by atoms with Gasteiger partial charge in [-0.15, -0.1) is 0 Å². The summed E-state index contributed by atoms with van der Waals surface area (Å²) < 4.78 is 5.34. The number of ether oxygens (including phenoxy) is 1. The van der Waals surface area contributed by atoms with Crippen molar-refractivity contribution in [2.75, 3.05) is 19.1 Å². The van der Waals surface area contributed by atoms with Crippen LogP contribution in [0.1, 0.15) is 11.4 Å². The number of rotatable bonds is 4. The normalized spacial score (nSPS) is 10.4. The van der Waals surface area contributed by atoms with Crippen LogP contribution in [0.4, 0.5) is 5.82 Å². The minimum atomic E-state index is 0.428. The van der Waals surface area contributed by atoms with E-state index in [4.69, 9.17) is 27.9 Å². The largest absolute Gasteiger partial charge is 0.496 e. The lowest BCUT2D eigenvalue weighted by Crippen LogP contribution is -2.18. The molecule has 106 valence electrons. The van der Waals surface area contributed by atoms with Crippen LogP contribution in [0.15, 0.2) is 24.3 Å². The molecule has 1 aromatic heterocycles. The van der Waals surface area contributed by atoms with Crippen LogP contribution in [0.3, 0.4) is 0 Å². The smallest absolute Gasteiger partial charge is 0.134 e.